The van der Waals surface area contributed by atoms with Crippen molar-refractivity contribution in [2.75, 3.05) is 17.7 Å². The number of nitrogens with zero attached hydrogens (tertiary/aromatic N) is 7. The van der Waals surface area contributed by atoms with E-state index < -0.39 is 0 Å². The Kier molecular flexibility index (Phi) is 3.22. The van der Waals surface area contributed by atoms with E-state index in [-0.39, 0.29) is 0 Å². The van der Waals surface area contributed by atoms with E-state index in [0.29, 0.717) is 35.6 Å². The van der Waals surface area contributed by atoms with Crippen LogP contribution < -0.4 is 10.6 Å². The normalized spacial score (nSPS) is 10.8. The minimum Gasteiger partial charge on any atom is -0.393 e. The quantitative estimate of drug-likeness (QED) is 0.741. The molecule has 0 unspecified atom stereocenters. The van der Waals surface area contributed by atoms with Crippen LogP contribution in [0.1, 0.15) is 11.7 Å². The smallest absolute Gasteiger partial charge is 0.223 e. The van der Waals surface area contributed by atoms with Crippen LogP contribution in [0.25, 0.3) is 5.82 Å². The third-order valence-electron chi connectivity index (χ3n) is 2.87. The molecule has 0 amide bonds. The van der Waals surface area contributed by atoms with E-state index in [1.807, 2.05) is 11.9 Å². The van der Waals surface area contributed by atoms with E-state index in [4.69, 9.17) is 10.3 Å². The lowest BCUT2D eigenvalue weighted by Gasteiger charge is -2.18. The first kappa shape index (κ1) is 13.0. The van der Waals surface area contributed by atoms with Crippen LogP contribution in [0.15, 0.2) is 29.3 Å². The lowest BCUT2D eigenvalue weighted by atomic mass is 10.4. The Morgan fingerprint density at radius 2 is 2.24 bits per heavy atom. The maximum absolute atomic E-state index is 6.14. The highest BCUT2D eigenvalue weighted by Crippen LogP contribution is 2.24. The Morgan fingerprint density at radius 1 is 1.38 bits per heavy atom. The molecule has 9 nitrogen and oxygen atoms in total. The van der Waals surface area contributed by atoms with Crippen LogP contribution in [0.5, 0.6) is 0 Å². The van der Waals surface area contributed by atoms with E-state index in [1.54, 1.807) is 30.1 Å². The molecule has 108 valence electrons. The summed E-state index contributed by atoms with van der Waals surface area (Å²) >= 11 is 0. The number of aromatic nitrogens is 6. The second-order valence-electron chi connectivity index (χ2n) is 4.47. The molecule has 3 heterocycles. The highest BCUT2D eigenvalue weighted by molar-refractivity contribution is 5.69. The summed E-state index contributed by atoms with van der Waals surface area (Å²) in [5, 5.41) is 7.98. The molecule has 0 aliphatic carbocycles. The van der Waals surface area contributed by atoms with Crippen LogP contribution in [0.4, 0.5) is 11.5 Å². The van der Waals surface area contributed by atoms with Gasteiger partial charge in [-0.1, -0.05) is 5.16 Å². The molecule has 21 heavy (non-hydrogen) atoms. The van der Waals surface area contributed by atoms with Crippen molar-refractivity contribution >= 4 is 11.5 Å². The van der Waals surface area contributed by atoms with Gasteiger partial charge in [0.05, 0.1) is 6.54 Å². The van der Waals surface area contributed by atoms with E-state index in [9.17, 15) is 0 Å². The van der Waals surface area contributed by atoms with Crippen LogP contribution in [0, 0.1) is 6.92 Å². The maximum atomic E-state index is 6.14. The fourth-order valence-electron chi connectivity index (χ4n) is 1.95. The van der Waals surface area contributed by atoms with Crippen molar-refractivity contribution in [2.24, 2.45) is 0 Å². The Labute approximate surface area is 120 Å². The Hall–Kier alpha value is -2.97. The summed E-state index contributed by atoms with van der Waals surface area (Å²) in [4.78, 5) is 14.4. The summed E-state index contributed by atoms with van der Waals surface area (Å²) in [5.74, 6) is 2.19. The number of nitrogens with two attached hydrogens (primary N) is 1. The van der Waals surface area contributed by atoms with E-state index in [2.05, 4.69) is 25.2 Å². The zero-order valence-electron chi connectivity index (χ0n) is 11.6. The molecule has 0 aliphatic heterocycles. The largest absolute Gasteiger partial charge is 0.393 e. The molecule has 0 radical (unpaired) electrons. The molecule has 0 fully saturated rings. The van der Waals surface area contributed by atoms with Gasteiger partial charge < -0.3 is 15.2 Å². The number of anilines is 2. The Balaban J connectivity index is 1.90. The highest BCUT2D eigenvalue weighted by Gasteiger charge is 2.15. The molecule has 3 aromatic rings. The average Bonchev–Trinajstić information content (AvgIpc) is 3.11. The molecule has 0 saturated heterocycles. The maximum Gasteiger partial charge on any atom is 0.223 e. The fraction of sp³-hybridized carbons (Fsp3) is 0.250. The summed E-state index contributed by atoms with van der Waals surface area (Å²) < 4.78 is 6.54. The third-order valence-corrected chi connectivity index (χ3v) is 2.87. The lowest BCUT2D eigenvalue weighted by Crippen LogP contribution is -2.21. The molecular weight excluding hydrogens is 272 g/mol. The molecule has 3 rings (SSSR count). The second-order valence-corrected chi connectivity index (χ2v) is 4.47. The SMILES string of the molecule is Cc1nc(CN(C)c2ncnc(-n3cccn3)c2N)no1. The van der Waals surface area contributed by atoms with Crippen molar-refractivity contribution in [3.63, 3.8) is 0 Å². The number of hydrogen-bond donors (Lipinski definition) is 1. The summed E-state index contributed by atoms with van der Waals surface area (Å²) in [7, 11) is 1.84. The van der Waals surface area contributed by atoms with Crippen molar-refractivity contribution in [3.8, 4) is 5.82 Å². The molecule has 0 bridgehead atoms. The number of hydrogen-bond acceptors (Lipinski definition) is 8. The predicted octanol–water partition coefficient (Wildman–Crippen LogP) is 0.572. The minimum atomic E-state index is 0.428. The first-order valence-electron chi connectivity index (χ1n) is 6.26. The van der Waals surface area contributed by atoms with Gasteiger partial charge in [0, 0.05) is 26.4 Å². The zero-order valence-corrected chi connectivity index (χ0v) is 11.6. The van der Waals surface area contributed by atoms with Crippen molar-refractivity contribution < 1.29 is 4.52 Å². The first-order valence-corrected chi connectivity index (χ1v) is 6.26. The highest BCUT2D eigenvalue weighted by atomic mass is 16.5. The van der Waals surface area contributed by atoms with E-state index >= 15 is 0 Å². The van der Waals surface area contributed by atoms with Crippen molar-refractivity contribution in [1.82, 2.24) is 29.9 Å². The van der Waals surface area contributed by atoms with Crippen molar-refractivity contribution in [3.05, 3.63) is 36.5 Å². The molecule has 9 heteroatoms. The molecule has 2 N–H and O–H groups in total. The number of nitrogen functional groups attached to an aromatic ring is 1. The summed E-state index contributed by atoms with van der Waals surface area (Å²) in [6.45, 7) is 2.17. The van der Waals surface area contributed by atoms with Gasteiger partial charge in [0.15, 0.2) is 17.5 Å². The van der Waals surface area contributed by atoms with Crippen molar-refractivity contribution in [1.29, 1.82) is 0 Å². The van der Waals surface area contributed by atoms with Gasteiger partial charge in [-0.05, 0) is 6.07 Å². The number of rotatable bonds is 4. The first-order chi connectivity index (χ1) is 10.1. The Bertz CT molecular complexity index is 736. The molecule has 0 aliphatic rings. The molecule has 3 aromatic heterocycles. The van der Waals surface area contributed by atoms with Gasteiger partial charge in [-0.25, -0.2) is 14.6 Å². The summed E-state index contributed by atoms with van der Waals surface area (Å²) in [6, 6.07) is 1.80. The zero-order chi connectivity index (χ0) is 14.8. The van der Waals surface area contributed by atoms with Gasteiger partial charge in [0.1, 0.15) is 12.0 Å². The van der Waals surface area contributed by atoms with Crippen LogP contribution in [0.2, 0.25) is 0 Å². The van der Waals surface area contributed by atoms with Gasteiger partial charge in [-0.2, -0.15) is 10.1 Å². The van der Waals surface area contributed by atoms with Crippen LogP contribution >= 0.6 is 0 Å². The molecule has 0 atom stereocenters. The Morgan fingerprint density at radius 3 is 2.90 bits per heavy atom. The van der Waals surface area contributed by atoms with Crippen LogP contribution in [0.3, 0.4) is 0 Å². The summed E-state index contributed by atoms with van der Waals surface area (Å²) in [5.41, 5.74) is 6.58. The van der Waals surface area contributed by atoms with Crippen molar-refractivity contribution in [2.45, 2.75) is 13.5 Å². The van der Waals surface area contributed by atoms with Gasteiger partial charge in [0.2, 0.25) is 5.89 Å². The van der Waals surface area contributed by atoms with E-state index in [1.165, 1.54) is 6.33 Å². The average molecular weight is 286 g/mol. The molecular formula is C12H14N8O. The van der Waals surface area contributed by atoms with Gasteiger partial charge >= 0.3 is 0 Å². The topological polar surface area (TPSA) is 112 Å². The van der Waals surface area contributed by atoms with Gasteiger partial charge in [-0.3, -0.25) is 0 Å². The van der Waals surface area contributed by atoms with Gasteiger partial charge in [-0.15, -0.1) is 0 Å². The summed E-state index contributed by atoms with van der Waals surface area (Å²) in [6.07, 6.45) is 4.87. The van der Waals surface area contributed by atoms with E-state index in [0.717, 1.165) is 0 Å². The lowest BCUT2D eigenvalue weighted by molar-refractivity contribution is 0.387. The number of aryl methyl sites for hydroxylation is 1. The molecule has 0 spiro atoms. The minimum absolute atomic E-state index is 0.428. The van der Waals surface area contributed by atoms with Gasteiger partial charge in [0.25, 0.3) is 0 Å². The molecule has 0 saturated carbocycles. The predicted molar refractivity (Wildman–Crippen MR) is 74.7 cm³/mol. The molecule has 0 aromatic carbocycles. The van der Waals surface area contributed by atoms with Crippen LogP contribution in [-0.4, -0.2) is 36.9 Å². The monoisotopic (exact) mass is 286 g/mol. The standard InChI is InChI=1S/C12H14N8O/c1-8-17-9(18-21-8)6-19(2)11-10(13)12(15-7-14-11)20-5-3-4-16-20/h3-5,7H,6,13H2,1-2H3. The second kappa shape index (κ2) is 5.19. The third kappa shape index (κ3) is 2.53. The van der Waals surface area contributed by atoms with Crippen LogP contribution in [-0.2, 0) is 6.54 Å². The fourth-order valence-corrected chi connectivity index (χ4v) is 1.95.